The van der Waals surface area contributed by atoms with Gasteiger partial charge < -0.3 is 14.9 Å². The zero-order chi connectivity index (χ0) is 29.3. The molecule has 7 rings (SSSR count). The average Bonchev–Trinajstić information content (AvgIpc) is 3.64. The molecule has 0 unspecified atom stereocenters. The Hall–Kier alpha value is -4.00. The lowest BCUT2D eigenvalue weighted by Crippen LogP contribution is -2.26. The fourth-order valence-corrected chi connectivity index (χ4v) is 7.53. The molecule has 5 heterocycles. The van der Waals surface area contributed by atoms with Gasteiger partial charge in [-0.3, -0.25) is 4.79 Å². The highest BCUT2D eigenvalue weighted by molar-refractivity contribution is 7.91. The van der Waals surface area contributed by atoms with E-state index in [4.69, 9.17) is 23.2 Å². The predicted octanol–water partition coefficient (Wildman–Crippen LogP) is 4.91. The Morgan fingerprint density at radius 2 is 1.90 bits per heavy atom. The molecule has 5 aromatic rings. The van der Waals surface area contributed by atoms with E-state index < -0.39 is 21.8 Å². The zero-order valence-electron chi connectivity index (χ0n) is 22.0. The van der Waals surface area contributed by atoms with Crippen molar-refractivity contribution in [1.82, 2.24) is 29.5 Å². The monoisotopic (exact) mass is 625 g/mol. The molecule has 0 aliphatic carbocycles. The van der Waals surface area contributed by atoms with Gasteiger partial charge in [0.1, 0.15) is 11.5 Å². The number of sulfone groups is 1. The Morgan fingerprint density at radius 1 is 1.07 bits per heavy atom. The van der Waals surface area contributed by atoms with Gasteiger partial charge in [0, 0.05) is 34.5 Å². The number of halogens is 3. The second-order valence-corrected chi connectivity index (χ2v) is 13.4. The summed E-state index contributed by atoms with van der Waals surface area (Å²) in [5.74, 6) is -0.619. The van der Waals surface area contributed by atoms with Crippen LogP contribution in [-0.4, -0.2) is 50.2 Å². The maximum atomic E-state index is 15.3. The average molecular weight is 627 g/mol. The number of hydrogen-bond acceptors (Lipinski definition) is 7. The van der Waals surface area contributed by atoms with E-state index in [1.165, 1.54) is 16.8 Å². The number of aromatic nitrogens is 6. The molecule has 2 aliphatic heterocycles. The van der Waals surface area contributed by atoms with Crippen LogP contribution < -0.4 is 10.9 Å². The first kappa shape index (κ1) is 26.9. The highest BCUT2D eigenvalue weighted by Crippen LogP contribution is 2.39. The summed E-state index contributed by atoms with van der Waals surface area (Å²) in [5.41, 5.74) is 3.32. The molecule has 2 N–H and O–H groups in total. The number of benzene rings is 2. The molecule has 2 aromatic carbocycles. The molecule has 0 saturated heterocycles. The van der Waals surface area contributed by atoms with Gasteiger partial charge in [-0.2, -0.15) is 4.39 Å². The molecule has 2 atom stereocenters. The minimum absolute atomic E-state index is 0.0370. The molecule has 42 heavy (non-hydrogen) atoms. The highest BCUT2D eigenvalue weighted by Gasteiger charge is 2.35. The van der Waals surface area contributed by atoms with Gasteiger partial charge >= 0.3 is 0 Å². The van der Waals surface area contributed by atoms with Crippen molar-refractivity contribution in [2.45, 2.75) is 24.3 Å². The number of anilines is 1. The number of nitrogens with one attached hydrogen (secondary N) is 2. The van der Waals surface area contributed by atoms with E-state index in [0.717, 1.165) is 5.69 Å². The van der Waals surface area contributed by atoms with Gasteiger partial charge in [-0.25, -0.2) is 18.1 Å². The first-order chi connectivity index (χ1) is 20.1. The van der Waals surface area contributed by atoms with Crippen molar-refractivity contribution in [3.05, 3.63) is 92.7 Å². The maximum absolute atomic E-state index is 15.3. The molecule has 14 heteroatoms. The number of H-pyrrole nitrogens is 1. The molecular weight excluding hydrogens is 604 g/mol. The van der Waals surface area contributed by atoms with Crippen molar-refractivity contribution in [3.63, 3.8) is 0 Å². The second-order valence-electron chi connectivity index (χ2n) is 10.5. The molecule has 0 amide bonds. The molecule has 10 nitrogen and oxygen atoms in total. The Kier molecular flexibility index (Phi) is 6.26. The van der Waals surface area contributed by atoms with Crippen LogP contribution in [0.15, 0.2) is 64.4 Å². The van der Waals surface area contributed by atoms with Crippen molar-refractivity contribution in [2.75, 3.05) is 17.6 Å². The summed E-state index contributed by atoms with van der Waals surface area (Å²) in [7, 11) is -3.49. The van der Waals surface area contributed by atoms with Gasteiger partial charge in [0.05, 0.1) is 34.3 Å². The molecule has 3 aromatic heterocycles. The van der Waals surface area contributed by atoms with Gasteiger partial charge in [-0.05, 0) is 54.3 Å². The van der Waals surface area contributed by atoms with Crippen LogP contribution >= 0.6 is 23.2 Å². The third kappa shape index (κ3) is 4.41. The number of pyridine rings is 1. The third-order valence-corrected chi connectivity index (χ3v) is 9.89. The first-order valence-corrected chi connectivity index (χ1v) is 15.5. The highest BCUT2D eigenvalue weighted by atomic mass is 35.5. The molecule has 0 spiro atoms. The summed E-state index contributed by atoms with van der Waals surface area (Å²) < 4.78 is 43.6. The van der Waals surface area contributed by atoms with Crippen molar-refractivity contribution in [3.8, 4) is 28.1 Å². The van der Waals surface area contributed by atoms with Crippen LogP contribution in [0.25, 0.3) is 28.1 Å². The topological polar surface area (TPSA) is 128 Å². The quantitative estimate of drug-likeness (QED) is 0.290. The summed E-state index contributed by atoms with van der Waals surface area (Å²) in [4.78, 5) is 21.0. The van der Waals surface area contributed by atoms with Crippen LogP contribution in [0, 0.1) is 11.9 Å². The van der Waals surface area contributed by atoms with Gasteiger partial charge in [0.25, 0.3) is 5.56 Å². The van der Waals surface area contributed by atoms with Crippen molar-refractivity contribution in [1.29, 1.82) is 0 Å². The number of aromatic amines is 1. The van der Waals surface area contributed by atoms with Crippen molar-refractivity contribution < 1.29 is 12.8 Å². The van der Waals surface area contributed by atoms with Crippen LogP contribution in [0.2, 0.25) is 10.2 Å². The van der Waals surface area contributed by atoms with Crippen LogP contribution in [0.5, 0.6) is 0 Å². The van der Waals surface area contributed by atoms with Crippen molar-refractivity contribution >= 4 is 38.7 Å². The predicted molar refractivity (Wildman–Crippen MR) is 157 cm³/mol. The summed E-state index contributed by atoms with van der Waals surface area (Å²) >= 11 is 12.3. The number of nitrogens with zero attached hydrogens (tertiary/aromatic N) is 5. The molecule has 0 bridgehead atoms. The molecule has 0 fully saturated rings. The lowest BCUT2D eigenvalue weighted by Gasteiger charge is -2.19. The fraction of sp³-hybridized carbons (Fsp3) is 0.214. The van der Waals surface area contributed by atoms with E-state index >= 15 is 4.39 Å². The van der Waals surface area contributed by atoms with E-state index in [-0.39, 0.29) is 38.8 Å². The molecular formula is C28H22Cl2FN7O3S. The normalized spacial score (nSPS) is 18.9. The van der Waals surface area contributed by atoms with Crippen LogP contribution in [0.1, 0.15) is 24.5 Å². The Morgan fingerprint density at radius 3 is 2.69 bits per heavy atom. The van der Waals surface area contributed by atoms with Crippen molar-refractivity contribution in [2.24, 2.45) is 5.92 Å². The first-order valence-electron chi connectivity index (χ1n) is 13.1. The van der Waals surface area contributed by atoms with E-state index in [2.05, 4.69) is 25.6 Å². The Labute approximate surface area is 249 Å². The van der Waals surface area contributed by atoms with Gasteiger partial charge in [-0.15, -0.1) is 5.10 Å². The standard InChI is InChI=1S/C28H22Cl2FN7O3S/c1-14-8-18-9-16(19-12-17(29)3-5-21(19)37-13-23(30)35-36-37)11-24(39)38(18)26(14)28-33-25(27(31)34-28)15-2-4-20-22(10-15)42(40,41)7-6-32-20/h2-5,9-14,26,32H,6-8H2,1H3,(H,33,34)/t14-,26-/m0/s1. The second kappa shape index (κ2) is 9.79. The smallest absolute Gasteiger partial charge is 0.252 e. The van der Waals surface area contributed by atoms with E-state index in [0.29, 0.717) is 46.1 Å². The number of rotatable bonds is 4. The van der Waals surface area contributed by atoms with E-state index in [9.17, 15) is 13.2 Å². The van der Waals surface area contributed by atoms with E-state index in [1.54, 1.807) is 41.1 Å². The van der Waals surface area contributed by atoms with Gasteiger partial charge in [-0.1, -0.05) is 41.4 Å². The Bertz CT molecular complexity index is 2070. The molecule has 0 radical (unpaired) electrons. The molecule has 2 aliphatic rings. The maximum Gasteiger partial charge on any atom is 0.252 e. The van der Waals surface area contributed by atoms with Gasteiger partial charge in [0.2, 0.25) is 5.95 Å². The lowest BCUT2D eigenvalue weighted by molar-refractivity contribution is 0.445. The minimum atomic E-state index is -3.49. The fourth-order valence-electron chi connectivity index (χ4n) is 5.86. The number of imidazole rings is 1. The van der Waals surface area contributed by atoms with Crippen LogP contribution in [0.3, 0.4) is 0 Å². The summed E-state index contributed by atoms with van der Waals surface area (Å²) in [5, 5.41) is 11.7. The summed E-state index contributed by atoms with van der Waals surface area (Å²) in [6.45, 7) is 2.29. The Balaban J connectivity index is 1.29. The third-order valence-electron chi connectivity index (χ3n) is 7.73. The number of fused-ring (bicyclic) bond motifs is 2. The lowest BCUT2D eigenvalue weighted by atomic mass is 10.0. The molecule has 214 valence electrons. The van der Waals surface area contributed by atoms with E-state index in [1.807, 2.05) is 13.0 Å². The SMILES string of the molecule is C[C@H]1Cc2cc(-c3cc(Cl)ccc3-n3cc(Cl)nn3)cc(=O)n2[C@@H]1c1nc(F)c(-c2ccc3c(c2)S(=O)(=O)CCN3)[nH]1. The zero-order valence-corrected chi connectivity index (χ0v) is 24.3. The molecule has 0 saturated carbocycles. The number of hydrogen-bond donors (Lipinski definition) is 2. The summed E-state index contributed by atoms with van der Waals surface area (Å²) in [6, 6.07) is 12.8. The van der Waals surface area contributed by atoms with Crippen LogP contribution in [0.4, 0.5) is 10.1 Å². The summed E-state index contributed by atoms with van der Waals surface area (Å²) in [6.07, 6.45) is 2.10. The minimum Gasteiger partial charge on any atom is -0.383 e. The van der Waals surface area contributed by atoms with Crippen LogP contribution in [-0.2, 0) is 16.3 Å². The van der Waals surface area contributed by atoms with Gasteiger partial charge in [0.15, 0.2) is 15.0 Å². The largest absolute Gasteiger partial charge is 0.383 e.